The van der Waals surface area contributed by atoms with Crippen molar-refractivity contribution >= 4 is 11.9 Å². The minimum absolute atomic E-state index is 0.0895. The Kier molecular flexibility index (Phi) is 5.93. The maximum Gasteiger partial charge on any atom is 0.326 e. The van der Waals surface area contributed by atoms with Crippen LogP contribution in [0.1, 0.15) is 43.6 Å². The number of hydrogen-bond donors (Lipinski definition) is 2. The van der Waals surface area contributed by atoms with Crippen LogP contribution in [0.4, 0.5) is 0 Å². The molecule has 0 unspecified atom stereocenters. The number of carbonyl (C=O) groups excluding carboxylic acids is 1. The monoisotopic (exact) mass is 295 g/mol. The van der Waals surface area contributed by atoms with Crippen molar-refractivity contribution in [1.29, 1.82) is 0 Å². The molecule has 0 spiro atoms. The first-order valence-corrected chi connectivity index (χ1v) is 7.29. The predicted octanol–water partition coefficient (Wildman–Crippen LogP) is 1.59. The fraction of sp³-hybridized carbons (Fsp3) is 0.667. The lowest BCUT2D eigenvalue weighted by Gasteiger charge is -2.20. The highest BCUT2D eigenvalue weighted by Crippen LogP contribution is 2.14. The highest BCUT2D eigenvalue weighted by molar-refractivity contribution is 5.83. The van der Waals surface area contributed by atoms with Gasteiger partial charge in [-0.2, -0.15) is 5.10 Å². The van der Waals surface area contributed by atoms with Crippen molar-refractivity contribution in [3.05, 3.63) is 17.0 Å². The Balaban J connectivity index is 2.63. The lowest BCUT2D eigenvalue weighted by Crippen LogP contribution is -2.45. The Morgan fingerprint density at radius 3 is 2.43 bits per heavy atom. The van der Waals surface area contributed by atoms with Gasteiger partial charge in [0.25, 0.3) is 0 Å². The van der Waals surface area contributed by atoms with E-state index in [2.05, 4.69) is 10.4 Å². The number of nitrogens with zero attached hydrogens (tertiary/aromatic N) is 2. The molecule has 0 aliphatic rings. The molecule has 118 valence electrons. The molecule has 0 aliphatic carbocycles. The summed E-state index contributed by atoms with van der Waals surface area (Å²) < 4.78 is 1.79. The van der Waals surface area contributed by atoms with Gasteiger partial charge in [0.1, 0.15) is 6.04 Å². The van der Waals surface area contributed by atoms with Crippen molar-refractivity contribution in [3.8, 4) is 0 Å². The molecule has 1 rings (SSSR count). The van der Waals surface area contributed by atoms with Crippen molar-refractivity contribution < 1.29 is 14.7 Å². The minimum Gasteiger partial charge on any atom is -0.480 e. The number of hydrogen-bond acceptors (Lipinski definition) is 3. The second-order valence-corrected chi connectivity index (χ2v) is 5.54. The summed E-state index contributed by atoms with van der Waals surface area (Å²) in [4.78, 5) is 23.2. The van der Waals surface area contributed by atoms with E-state index in [1.165, 1.54) is 0 Å². The Hall–Kier alpha value is -1.85. The zero-order valence-corrected chi connectivity index (χ0v) is 13.4. The van der Waals surface area contributed by atoms with E-state index in [9.17, 15) is 14.7 Å². The van der Waals surface area contributed by atoms with Crippen molar-refractivity contribution in [2.45, 2.75) is 53.0 Å². The largest absolute Gasteiger partial charge is 0.480 e. The first kappa shape index (κ1) is 17.2. The topological polar surface area (TPSA) is 84.2 Å². The highest BCUT2D eigenvalue weighted by atomic mass is 16.4. The molecule has 6 heteroatoms. The molecule has 1 amide bonds. The molecule has 21 heavy (non-hydrogen) atoms. The second-order valence-electron chi connectivity index (χ2n) is 5.54. The van der Waals surface area contributed by atoms with Gasteiger partial charge in [-0.15, -0.1) is 0 Å². The first-order valence-electron chi connectivity index (χ1n) is 7.29. The van der Waals surface area contributed by atoms with Crippen LogP contribution in [0.15, 0.2) is 0 Å². The van der Waals surface area contributed by atoms with E-state index >= 15 is 0 Å². The number of aromatic nitrogens is 2. The van der Waals surface area contributed by atoms with Crippen LogP contribution in [0.3, 0.4) is 0 Å². The smallest absolute Gasteiger partial charge is 0.326 e. The molecule has 0 aliphatic heterocycles. The van der Waals surface area contributed by atoms with Gasteiger partial charge in [0.2, 0.25) is 5.91 Å². The molecule has 0 radical (unpaired) electrons. The van der Waals surface area contributed by atoms with Crippen molar-refractivity contribution in [2.75, 3.05) is 0 Å². The number of carboxylic acids is 1. The standard InChI is InChI=1S/C15H25N3O3/c1-6-9(2)14(15(20)21)16-13(19)8-7-12-10(3)17-18(5)11(12)4/h9,14H,6-8H2,1-5H3,(H,16,19)(H,20,21)/t9-,14-/m0/s1. The summed E-state index contributed by atoms with van der Waals surface area (Å²) in [5.41, 5.74) is 3.01. The predicted molar refractivity (Wildman–Crippen MR) is 80.0 cm³/mol. The summed E-state index contributed by atoms with van der Waals surface area (Å²) in [7, 11) is 1.87. The molecule has 0 aromatic carbocycles. The number of carbonyl (C=O) groups is 2. The Bertz CT molecular complexity index is 522. The lowest BCUT2D eigenvalue weighted by molar-refractivity contribution is -0.143. The summed E-state index contributed by atoms with van der Waals surface area (Å²) in [6.07, 6.45) is 1.55. The number of nitrogens with one attached hydrogen (secondary N) is 1. The molecule has 2 atom stereocenters. The summed E-state index contributed by atoms with van der Waals surface area (Å²) >= 11 is 0. The SMILES string of the molecule is CC[C@H](C)[C@H](NC(=O)CCc1c(C)nn(C)c1C)C(=O)O. The van der Waals surface area contributed by atoms with Crippen molar-refractivity contribution in [2.24, 2.45) is 13.0 Å². The van der Waals surface area contributed by atoms with E-state index in [-0.39, 0.29) is 18.2 Å². The minimum atomic E-state index is -0.980. The number of aryl methyl sites for hydroxylation is 2. The number of rotatable bonds is 7. The number of carboxylic acid groups (broad SMARTS) is 1. The molecule has 0 fully saturated rings. The summed E-state index contributed by atoms with van der Waals surface area (Å²) in [5.74, 6) is -1.30. The molecule has 1 aromatic rings. The fourth-order valence-electron chi connectivity index (χ4n) is 2.35. The van der Waals surface area contributed by atoms with Gasteiger partial charge in [-0.1, -0.05) is 20.3 Å². The van der Waals surface area contributed by atoms with E-state index in [1.54, 1.807) is 4.68 Å². The van der Waals surface area contributed by atoms with Gasteiger partial charge in [-0.25, -0.2) is 4.79 Å². The molecule has 2 N–H and O–H groups in total. The van der Waals surface area contributed by atoms with Crippen LogP contribution in [0, 0.1) is 19.8 Å². The third-order valence-corrected chi connectivity index (χ3v) is 4.06. The molecule has 1 heterocycles. The van der Waals surface area contributed by atoms with Crippen molar-refractivity contribution in [1.82, 2.24) is 15.1 Å². The van der Waals surface area contributed by atoms with E-state index in [0.717, 1.165) is 17.0 Å². The summed E-state index contributed by atoms with van der Waals surface area (Å²) in [6, 6.07) is -0.821. The lowest BCUT2D eigenvalue weighted by atomic mass is 9.99. The van der Waals surface area contributed by atoms with Crippen LogP contribution in [-0.4, -0.2) is 32.8 Å². The van der Waals surface area contributed by atoms with E-state index in [4.69, 9.17) is 0 Å². The molecule has 0 saturated carbocycles. The third kappa shape index (κ3) is 4.31. The quantitative estimate of drug-likeness (QED) is 0.800. The molecular formula is C15H25N3O3. The second kappa shape index (κ2) is 7.24. The van der Waals surface area contributed by atoms with Gasteiger partial charge in [-0.05, 0) is 31.7 Å². The van der Waals surface area contributed by atoms with E-state index < -0.39 is 12.0 Å². The van der Waals surface area contributed by atoms with Gasteiger partial charge >= 0.3 is 5.97 Å². The van der Waals surface area contributed by atoms with Crippen LogP contribution in [0.5, 0.6) is 0 Å². The fourth-order valence-corrected chi connectivity index (χ4v) is 2.35. The van der Waals surface area contributed by atoms with Crippen LogP contribution in [-0.2, 0) is 23.1 Å². The first-order chi connectivity index (χ1) is 9.77. The summed E-state index contributed by atoms with van der Waals surface area (Å²) in [6.45, 7) is 7.62. The maximum absolute atomic E-state index is 12.0. The highest BCUT2D eigenvalue weighted by Gasteiger charge is 2.25. The molecule has 0 bridgehead atoms. The van der Waals surface area contributed by atoms with Gasteiger partial charge < -0.3 is 10.4 Å². The Morgan fingerprint density at radius 1 is 1.38 bits per heavy atom. The van der Waals surface area contributed by atoms with Crippen molar-refractivity contribution in [3.63, 3.8) is 0 Å². The van der Waals surface area contributed by atoms with Crippen LogP contribution < -0.4 is 5.32 Å². The zero-order valence-electron chi connectivity index (χ0n) is 13.4. The van der Waals surface area contributed by atoms with Gasteiger partial charge in [0.05, 0.1) is 5.69 Å². The molecule has 1 aromatic heterocycles. The van der Waals surface area contributed by atoms with Crippen LogP contribution in [0.25, 0.3) is 0 Å². The molecule has 0 saturated heterocycles. The molecule has 6 nitrogen and oxygen atoms in total. The maximum atomic E-state index is 12.0. The van der Waals surface area contributed by atoms with Gasteiger partial charge in [0.15, 0.2) is 0 Å². The van der Waals surface area contributed by atoms with E-state index in [0.29, 0.717) is 12.8 Å². The third-order valence-electron chi connectivity index (χ3n) is 4.06. The number of amides is 1. The van der Waals surface area contributed by atoms with Crippen LogP contribution in [0.2, 0.25) is 0 Å². The van der Waals surface area contributed by atoms with E-state index in [1.807, 2.05) is 34.7 Å². The zero-order chi connectivity index (χ0) is 16.2. The van der Waals surface area contributed by atoms with Gasteiger partial charge in [0, 0.05) is 19.2 Å². The Labute approximate surface area is 125 Å². The molecular weight excluding hydrogens is 270 g/mol. The normalized spacial score (nSPS) is 13.8. The summed E-state index contributed by atoms with van der Waals surface area (Å²) in [5, 5.41) is 16.1. The number of aliphatic carboxylic acids is 1. The average Bonchev–Trinajstić information content (AvgIpc) is 2.66. The van der Waals surface area contributed by atoms with Crippen LogP contribution >= 0.6 is 0 Å². The average molecular weight is 295 g/mol. The Morgan fingerprint density at radius 2 is 2.00 bits per heavy atom. The van der Waals surface area contributed by atoms with Gasteiger partial charge in [-0.3, -0.25) is 9.48 Å².